The minimum atomic E-state index is -0.781. The molecule has 102 valence electrons. The van der Waals surface area contributed by atoms with Crippen LogP contribution in [0.25, 0.3) is 0 Å². The Hall–Kier alpha value is -1.10. The second-order valence-electron chi connectivity index (χ2n) is 6.26. The highest BCUT2D eigenvalue weighted by molar-refractivity contribution is 5.97. The number of nitrogens with one attached hydrogen (secondary N) is 1. The van der Waals surface area contributed by atoms with Gasteiger partial charge in [-0.05, 0) is 32.1 Å². The van der Waals surface area contributed by atoms with E-state index in [9.17, 15) is 9.59 Å². The summed E-state index contributed by atoms with van der Waals surface area (Å²) in [6.07, 6.45) is 1.89. The molecule has 0 aromatic heterocycles. The monoisotopic (exact) mass is 254 g/mol. The van der Waals surface area contributed by atoms with Gasteiger partial charge in [-0.2, -0.15) is 0 Å². The molecule has 18 heavy (non-hydrogen) atoms. The molecule has 0 spiro atoms. The van der Waals surface area contributed by atoms with Gasteiger partial charge >= 0.3 is 0 Å². The van der Waals surface area contributed by atoms with Crippen molar-refractivity contribution >= 4 is 11.8 Å². The second-order valence-corrected chi connectivity index (χ2v) is 6.26. The third kappa shape index (κ3) is 2.66. The Morgan fingerprint density at radius 2 is 1.83 bits per heavy atom. The number of ether oxygens (including phenoxy) is 1. The zero-order valence-electron chi connectivity index (χ0n) is 11.4. The van der Waals surface area contributed by atoms with Gasteiger partial charge < -0.3 is 15.0 Å². The third-order valence-electron chi connectivity index (χ3n) is 3.88. The maximum Gasteiger partial charge on any atom is 0.248 e. The lowest BCUT2D eigenvalue weighted by atomic mass is 9.81. The van der Waals surface area contributed by atoms with Gasteiger partial charge in [-0.3, -0.25) is 9.59 Å². The van der Waals surface area contributed by atoms with Crippen LogP contribution < -0.4 is 5.32 Å². The molecule has 0 aliphatic carbocycles. The van der Waals surface area contributed by atoms with Crippen LogP contribution in [0.2, 0.25) is 0 Å². The van der Waals surface area contributed by atoms with Crippen LogP contribution in [-0.2, 0) is 14.3 Å². The first kappa shape index (κ1) is 13.3. The number of piperazine rings is 1. The van der Waals surface area contributed by atoms with E-state index in [2.05, 4.69) is 12.2 Å². The number of nitrogens with zero attached hydrogens (tertiary/aromatic N) is 1. The van der Waals surface area contributed by atoms with E-state index in [1.165, 1.54) is 0 Å². The van der Waals surface area contributed by atoms with Crippen molar-refractivity contribution in [2.75, 3.05) is 26.3 Å². The van der Waals surface area contributed by atoms with E-state index in [0.29, 0.717) is 6.54 Å². The molecule has 0 radical (unpaired) electrons. The molecular formula is C13H22N2O3. The predicted octanol–water partition coefficient (Wildman–Crippen LogP) is 0.540. The lowest BCUT2D eigenvalue weighted by Crippen LogP contribution is -2.65. The van der Waals surface area contributed by atoms with Gasteiger partial charge in [0.25, 0.3) is 0 Å². The van der Waals surface area contributed by atoms with Gasteiger partial charge in [0, 0.05) is 19.8 Å². The molecule has 1 N–H and O–H groups in total. The van der Waals surface area contributed by atoms with Gasteiger partial charge in [-0.25, -0.2) is 0 Å². The normalized spacial score (nSPS) is 26.9. The van der Waals surface area contributed by atoms with E-state index in [1.807, 2.05) is 0 Å². The summed E-state index contributed by atoms with van der Waals surface area (Å²) >= 11 is 0. The summed E-state index contributed by atoms with van der Waals surface area (Å²) in [5.74, 6) is -0.0647. The van der Waals surface area contributed by atoms with E-state index in [1.54, 1.807) is 18.7 Å². The smallest absolute Gasteiger partial charge is 0.248 e. The molecular weight excluding hydrogens is 232 g/mol. The molecule has 2 amide bonds. The second kappa shape index (κ2) is 4.53. The van der Waals surface area contributed by atoms with Crippen molar-refractivity contribution in [3.8, 4) is 0 Å². The summed E-state index contributed by atoms with van der Waals surface area (Å²) in [6, 6.07) is 0. The van der Waals surface area contributed by atoms with Crippen molar-refractivity contribution in [3.05, 3.63) is 0 Å². The topological polar surface area (TPSA) is 58.6 Å². The number of hydrogen-bond acceptors (Lipinski definition) is 3. The summed E-state index contributed by atoms with van der Waals surface area (Å²) in [4.78, 5) is 25.6. The predicted molar refractivity (Wildman–Crippen MR) is 67.0 cm³/mol. The number of carbonyl (C=O) groups excluding carboxylic acids is 2. The Bertz CT molecular complexity index is 359. The molecule has 5 nitrogen and oxygen atoms in total. The van der Waals surface area contributed by atoms with Crippen LogP contribution in [0.5, 0.6) is 0 Å². The maximum atomic E-state index is 12.3. The molecule has 2 fully saturated rings. The Labute approximate surface area is 108 Å². The SMILES string of the molecule is CC1(CN2CC(=O)NC(C)(C)C2=O)CCOCC1. The maximum absolute atomic E-state index is 12.3. The zero-order chi connectivity index (χ0) is 13.4. The molecule has 2 heterocycles. The zero-order valence-corrected chi connectivity index (χ0v) is 11.4. The first-order valence-corrected chi connectivity index (χ1v) is 6.51. The Morgan fingerprint density at radius 1 is 1.22 bits per heavy atom. The van der Waals surface area contributed by atoms with E-state index in [-0.39, 0.29) is 23.8 Å². The van der Waals surface area contributed by atoms with Crippen LogP contribution in [0.1, 0.15) is 33.6 Å². The molecule has 2 saturated heterocycles. The third-order valence-corrected chi connectivity index (χ3v) is 3.88. The molecule has 5 heteroatoms. The molecule has 0 saturated carbocycles. The van der Waals surface area contributed by atoms with Crippen LogP contribution in [0.4, 0.5) is 0 Å². The molecule has 0 bridgehead atoms. The Balaban J connectivity index is 2.07. The van der Waals surface area contributed by atoms with Gasteiger partial charge in [0.2, 0.25) is 11.8 Å². The van der Waals surface area contributed by atoms with Crippen LogP contribution in [-0.4, -0.2) is 48.6 Å². The summed E-state index contributed by atoms with van der Waals surface area (Å²) in [6.45, 7) is 7.99. The standard InChI is InChI=1S/C13H22N2O3/c1-12(2)11(17)15(8-10(16)14-12)9-13(3)4-6-18-7-5-13/h4-9H2,1-3H3,(H,14,16). The summed E-state index contributed by atoms with van der Waals surface area (Å²) in [5, 5.41) is 2.73. The van der Waals surface area contributed by atoms with Crippen LogP contribution in [0, 0.1) is 5.41 Å². The summed E-state index contributed by atoms with van der Waals surface area (Å²) < 4.78 is 5.36. The van der Waals surface area contributed by atoms with Gasteiger partial charge in [-0.15, -0.1) is 0 Å². The average molecular weight is 254 g/mol. The number of carbonyl (C=O) groups is 2. The van der Waals surface area contributed by atoms with E-state index < -0.39 is 5.54 Å². The van der Waals surface area contributed by atoms with Gasteiger partial charge in [-0.1, -0.05) is 6.92 Å². The van der Waals surface area contributed by atoms with Crippen molar-refractivity contribution in [2.45, 2.75) is 39.2 Å². The van der Waals surface area contributed by atoms with Crippen LogP contribution >= 0.6 is 0 Å². The number of rotatable bonds is 2. The molecule has 2 aliphatic rings. The molecule has 0 atom stereocenters. The van der Waals surface area contributed by atoms with Crippen molar-refractivity contribution in [3.63, 3.8) is 0 Å². The molecule has 0 aromatic rings. The lowest BCUT2D eigenvalue weighted by Gasteiger charge is -2.43. The fraction of sp³-hybridized carbons (Fsp3) is 0.846. The minimum Gasteiger partial charge on any atom is -0.381 e. The van der Waals surface area contributed by atoms with Gasteiger partial charge in [0.1, 0.15) is 5.54 Å². The van der Waals surface area contributed by atoms with Gasteiger partial charge in [0.05, 0.1) is 6.54 Å². The van der Waals surface area contributed by atoms with E-state index in [0.717, 1.165) is 26.1 Å². The van der Waals surface area contributed by atoms with E-state index >= 15 is 0 Å². The van der Waals surface area contributed by atoms with E-state index in [4.69, 9.17) is 4.74 Å². The lowest BCUT2D eigenvalue weighted by molar-refractivity contribution is -0.150. The Kier molecular flexibility index (Phi) is 3.36. The first-order valence-electron chi connectivity index (χ1n) is 6.51. The molecule has 0 unspecified atom stereocenters. The molecule has 2 rings (SSSR count). The fourth-order valence-corrected chi connectivity index (χ4v) is 2.69. The largest absolute Gasteiger partial charge is 0.381 e. The van der Waals surface area contributed by atoms with Gasteiger partial charge in [0.15, 0.2) is 0 Å². The van der Waals surface area contributed by atoms with Crippen LogP contribution in [0.15, 0.2) is 0 Å². The fourth-order valence-electron chi connectivity index (χ4n) is 2.69. The van der Waals surface area contributed by atoms with Crippen molar-refractivity contribution in [1.29, 1.82) is 0 Å². The Morgan fingerprint density at radius 3 is 2.44 bits per heavy atom. The highest BCUT2D eigenvalue weighted by Gasteiger charge is 2.41. The summed E-state index contributed by atoms with van der Waals surface area (Å²) in [5.41, 5.74) is -0.710. The highest BCUT2D eigenvalue weighted by atomic mass is 16.5. The first-order chi connectivity index (χ1) is 8.32. The van der Waals surface area contributed by atoms with Crippen LogP contribution in [0.3, 0.4) is 0 Å². The number of amides is 2. The summed E-state index contributed by atoms with van der Waals surface area (Å²) in [7, 11) is 0. The number of hydrogen-bond donors (Lipinski definition) is 1. The molecule has 0 aromatic carbocycles. The molecule has 2 aliphatic heterocycles. The minimum absolute atomic E-state index is 0.00909. The average Bonchev–Trinajstić information content (AvgIpc) is 2.25. The van der Waals surface area contributed by atoms with Crippen molar-refractivity contribution in [2.24, 2.45) is 5.41 Å². The highest BCUT2D eigenvalue weighted by Crippen LogP contribution is 2.31. The van der Waals surface area contributed by atoms with Crippen molar-refractivity contribution < 1.29 is 14.3 Å². The van der Waals surface area contributed by atoms with Crippen molar-refractivity contribution in [1.82, 2.24) is 10.2 Å². The quantitative estimate of drug-likeness (QED) is 0.782.